The van der Waals surface area contributed by atoms with Crippen LogP contribution in [0.4, 0.5) is 0 Å². The fourth-order valence-corrected chi connectivity index (χ4v) is 1.13. The quantitative estimate of drug-likeness (QED) is 0.509. The Bertz CT molecular complexity index is 274. The molecule has 1 heterocycles. The largest absolute Gasteiger partial charge is 0.458 e. The molecule has 0 N–H and O–H groups in total. The minimum Gasteiger partial charge on any atom is -0.458 e. The molecular weight excluding hydrogens is 178 g/mol. The number of allylic oxidation sites excluding steroid dienone is 1. The van der Waals surface area contributed by atoms with E-state index in [0.29, 0.717) is 0 Å². The Labute approximate surface area is 84.9 Å². The summed E-state index contributed by atoms with van der Waals surface area (Å²) in [5.74, 6) is -0.225. The lowest BCUT2D eigenvalue weighted by molar-refractivity contribution is -0.153. The van der Waals surface area contributed by atoms with Gasteiger partial charge in [0.15, 0.2) is 6.04 Å². The minimum absolute atomic E-state index is 0.225. The van der Waals surface area contributed by atoms with E-state index in [-0.39, 0.29) is 12.0 Å². The molecule has 0 spiro atoms. The second kappa shape index (κ2) is 3.95. The first-order valence-corrected chi connectivity index (χ1v) is 4.84. The Hall–Kier alpha value is -1.12. The van der Waals surface area contributed by atoms with Gasteiger partial charge >= 0.3 is 5.97 Å². The maximum absolute atomic E-state index is 11.4. The van der Waals surface area contributed by atoms with Gasteiger partial charge in [-0.05, 0) is 33.6 Å². The van der Waals surface area contributed by atoms with E-state index in [1.54, 1.807) is 0 Å². The number of hydrogen-bond donors (Lipinski definition) is 0. The van der Waals surface area contributed by atoms with Gasteiger partial charge in [-0.1, -0.05) is 6.08 Å². The maximum atomic E-state index is 11.4. The van der Waals surface area contributed by atoms with Crippen molar-refractivity contribution >= 4 is 11.7 Å². The Morgan fingerprint density at radius 1 is 1.64 bits per heavy atom. The number of ether oxygens (including phenoxy) is 1. The molecule has 14 heavy (non-hydrogen) atoms. The molecule has 0 aliphatic carbocycles. The fourth-order valence-electron chi connectivity index (χ4n) is 1.13. The zero-order valence-corrected chi connectivity index (χ0v) is 9.04. The van der Waals surface area contributed by atoms with Crippen LogP contribution in [-0.4, -0.2) is 23.3 Å². The van der Waals surface area contributed by atoms with Gasteiger partial charge in [0.05, 0.1) is 5.71 Å². The van der Waals surface area contributed by atoms with Crippen molar-refractivity contribution in [2.45, 2.75) is 45.3 Å². The molecular formula is C11H17NO2. The van der Waals surface area contributed by atoms with Crippen LogP contribution in [0.25, 0.3) is 0 Å². The molecule has 0 saturated heterocycles. The lowest BCUT2D eigenvalue weighted by Crippen LogP contribution is -2.28. The van der Waals surface area contributed by atoms with Crippen LogP contribution in [-0.2, 0) is 9.53 Å². The topological polar surface area (TPSA) is 38.7 Å². The second-order valence-corrected chi connectivity index (χ2v) is 4.38. The molecule has 0 amide bonds. The highest BCUT2D eigenvalue weighted by molar-refractivity contribution is 6.16. The molecule has 0 radical (unpaired) electrons. The third-order valence-corrected chi connectivity index (χ3v) is 1.78. The molecule has 1 rings (SSSR count). The molecule has 0 unspecified atom stereocenters. The molecule has 1 atom stereocenters. The van der Waals surface area contributed by atoms with Crippen molar-refractivity contribution in [3.63, 3.8) is 0 Å². The predicted molar refractivity (Wildman–Crippen MR) is 56.5 cm³/mol. The van der Waals surface area contributed by atoms with E-state index >= 15 is 0 Å². The van der Waals surface area contributed by atoms with Gasteiger partial charge in [-0.25, -0.2) is 4.79 Å². The van der Waals surface area contributed by atoms with Crippen LogP contribution in [0.2, 0.25) is 0 Å². The van der Waals surface area contributed by atoms with Crippen molar-refractivity contribution in [2.24, 2.45) is 4.99 Å². The highest BCUT2D eigenvalue weighted by Crippen LogP contribution is 2.21. The van der Waals surface area contributed by atoms with Crippen molar-refractivity contribution < 1.29 is 9.53 Å². The lowest BCUT2D eigenvalue weighted by atomic mass is 10.1. The number of hydrogen-bond acceptors (Lipinski definition) is 3. The lowest BCUT2D eigenvalue weighted by Gasteiger charge is -2.18. The van der Waals surface area contributed by atoms with Gasteiger partial charge in [0.1, 0.15) is 5.60 Å². The van der Waals surface area contributed by atoms with Gasteiger partial charge in [-0.3, -0.25) is 4.99 Å². The third-order valence-electron chi connectivity index (χ3n) is 1.78. The molecule has 1 aliphatic rings. The highest BCUT2D eigenvalue weighted by Gasteiger charge is 2.37. The predicted octanol–water partition coefficient (Wildman–Crippen LogP) is 2.12. The molecule has 0 aromatic carbocycles. The summed E-state index contributed by atoms with van der Waals surface area (Å²) in [5, 5.41) is 0. The summed E-state index contributed by atoms with van der Waals surface area (Å²) in [4.78, 5) is 15.5. The first kappa shape index (κ1) is 11.0. The Balaban J connectivity index is 2.27. The zero-order valence-electron chi connectivity index (χ0n) is 9.04. The van der Waals surface area contributed by atoms with Gasteiger partial charge in [0.25, 0.3) is 0 Å². The first-order chi connectivity index (χ1) is 6.44. The van der Waals surface area contributed by atoms with Crippen LogP contribution in [0.3, 0.4) is 0 Å². The summed E-state index contributed by atoms with van der Waals surface area (Å²) < 4.78 is 5.19. The van der Waals surface area contributed by atoms with Crippen LogP contribution in [0.5, 0.6) is 0 Å². The Morgan fingerprint density at radius 2 is 2.29 bits per heavy atom. The average molecular weight is 195 g/mol. The van der Waals surface area contributed by atoms with E-state index in [1.165, 1.54) is 0 Å². The molecule has 0 fully saturated rings. The summed E-state index contributed by atoms with van der Waals surface area (Å²) >= 11 is 0. The van der Waals surface area contributed by atoms with E-state index in [1.807, 2.05) is 26.8 Å². The molecule has 0 bridgehead atoms. The van der Waals surface area contributed by atoms with Crippen molar-refractivity contribution in [2.75, 3.05) is 0 Å². The van der Waals surface area contributed by atoms with E-state index in [2.05, 4.69) is 11.6 Å². The Morgan fingerprint density at radius 3 is 2.79 bits per heavy atom. The van der Waals surface area contributed by atoms with E-state index in [0.717, 1.165) is 18.6 Å². The monoisotopic (exact) mass is 195 g/mol. The highest BCUT2D eigenvalue weighted by atomic mass is 16.6. The summed E-state index contributed by atoms with van der Waals surface area (Å²) in [7, 11) is 0. The van der Waals surface area contributed by atoms with Gasteiger partial charge < -0.3 is 4.74 Å². The second-order valence-electron chi connectivity index (χ2n) is 4.38. The van der Waals surface area contributed by atoms with E-state index < -0.39 is 5.60 Å². The number of esters is 1. The standard InChI is InChI=1S/C11H17NO2/c1-5-6-7-8-9(12-8)10(13)14-11(2,3)4/h5,9H,1,6-7H2,2-4H3/t9-/m1/s1. The molecule has 3 nitrogen and oxygen atoms in total. The van der Waals surface area contributed by atoms with Crippen molar-refractivity contribution in [1.29, 1.82) is 0 Å². The Kier molecular flexibility index (Phi) is 3.09. The average Bonchev–Trinajstić information content (AvgIpc) is 2.76. The molecule has 0 aromatic rings. The van der Waals surface area contributed by atoms with Crippen LogP contribution >= 0.6 is 0 Å². The number of nitrogens with zero attached hydrogens (tertiary/aromatic N) is 1. The van der Waals surface area contributed by atoms with Crippen LogP contribution < -0.4 is 0 Å². The van der Waals surface area contributed by atoms with Gasteiger partial charge in [0.2, 0.25) is 0 Å². The third kappa shape index (κ3) is 3.32. The summed E-state index contributed by atoms with van der Waals surface area (Å²) in [6.45, 7) is 9.19. The molecule has 3 heteroatoms. The maximum Gasteiger partial charge on any atom is 0.337 e. The summed E-state index contributed by atoms with van der Waals surface area (Å²) in [6, 6.07) is -0.297. The van der Waals surface area contributed by atoms with Crippen molar-refractivity contribution in [3.8, 4) is 0 Å². The van der Waals surface area contributed by atoms with Crippen molar-refractivity contribution in [1.82, 2.24) is 0 Å². The smallest absolute Gasteiger partial charge is 0.337 e. The molecule has 0 aromatic heterocycles. The van der Waals surface area contributed by atoms with Gasteiger partial charge in [0, 0.05) is 0 Å². The van der Waals surface area contributed by atoms with Crippen molar-refractivity contribution in [3.05, 3.63) is 12.7 Å². The SMILES string of the molecule is C=CCCC1=N[C@H]1C(=O)OC(C)(C)C. The number of aliphatic imine (C=N–C) groups is 1. The number of carbonyl (C=O) groups is 1. The van der Waals surface area contributed by atoms with Gasteiger partial charge in [-0.2, -0.15) is 0 Å². The zero-order chi connectivity index (χ0) is 10.8. The van der Waals surface area contributed by atoms with E-state index in [4.69, 9.17) is 4.74 Å². The normalized spacial score (nSPS) is 19.9. The molecule has 0 saturated carbocycles. The molecule has 78 valence electrons. The van der Waals surface area contributed by atoms with Crippen LogP contribution in [0, 0.1) is 0 Å². The summed E-state index contributed by atoms with van der Waals surface area (Å²) in [6.07, 6.45) is 3.53. The van der Waals surface area contributed by atoms with Crippen LogP contribution in [0.1, 0.15) is 33.6 Å². The minimum atomic E-state index is -0.418. The fraction of sp³-hybridized carbons (Fsp3) is 0.636. The molecule has 1 aliphatic heterocycles. The number of rotatable bonds is 4. The van der Waals surface area contributed by atoms with Gasteiger partial charge in [-0.15, -0.1) is 6.58 Å². The summed E-state index contributed by atoms with van der Waals surface area (Å²) in [5.41, 5.74) is 0.526. The van der Waals surface area contributed by atoms with E-state index in [9.17, 15) is 4.79 Å². The first-order valence-electron chi connectivity index (χ1n) is 4.84. The number of carbonyl (C=O) groups excluding carboxylic acids is 1. The van der Waals surface area contributed by atoms with Crippen LogP contribution in [0.15, 0.2) is 17.6 Å².